The largest absolute Gasteiger partial charge is 0.478 e. The van der Waals surface area contributed by atoms with Crippen LogP contribution in [-0.2, 0) is 6.42 Å². The summed E-state index contributed by atoms with van der Waals surface area (Å²) in [4.78, 5) is 27.1. The Morgan fingerprint density at radius 2 is 2.19 bits per heavy atom. The van der Waals surface area contributed by atoms with E-state index in [1.165, 1.54) is 17.4 Å². The van der Waals surface area contributed by atoms with Crippen LogP contribution < -0.4 is 10.6 Å². The Morgan fingerprint density at radius 1 is 1.38 bits per heavy atom. The number of halogens is 1. The van der Waals surface area contributed by atoms with Crippen molar-refractivity contribution in [3.63, 3.8) is 0 Å². The summed E-state index contributed by atoms with van der Waals surface area (Å²) >= 11 is 4.75. The molecule has 1 aromatic carbocycles. The summed E-state index contributed by atoms with van der Waals surface area (Å²) in [5, 5.41) is 17.1. The molecule has 3 N–H and O–H groups in total. The molecule has 0 spiro atoms. The molecule has 1 heterocycles. The van der Waals surface area contributed by atoms with Crippen LogP contribution in [0.3, 0.4) is 0 Å². The second kappa shape index (κ2) is 7.19. The molecule has 0 bridgehead atoms. The number of carboxylic acid groups (broad SMARTS) is 1. The van der Waals surface area contributed by atoms with Crippen LogP contribution in [0, 0.1) is 0 Å². The van der Waals surface area contributed by atoms with Crippen molar-refractivity contribution in [3.05, 3.63) is 44.8 Å². The highest BCUT2D eigenvalue weighted by Crippen LogP contribution is 2.26. The maximum absolute atomic E-state index is 11.8. The van der Waals surface area contributed by atoms with Crippen LogP contribution in [0.5, 0.6) is 0 Å². The van der Waals surface area contributed by atoms with E-state index >= 15 is 0 Å². The van der Waals surface area contributed by atoms with Crippen molar-refractivity contribution in [2.45, 2.75) is 6.42 Å². The number of carbonyl (C=O) groups excluding carboxylic acids is 1. The lowest BCUT2D eigenvalue weighted by Crippen LogP contribution is -2.31. The molecule has 2 amide bonds. The minimum Gasteiger partial charge on any atom is -0.478 e. The number of nitrogens with zero attached hydrogens (tertiary/aromatic N) is 1. The lowest BCUT2D eigenvalue weighted by Gasteiger charge is -2.11. The van der Waals surface area contributed by atoms with Crippen LogP contribution >= 0.6 is 27.3 Å². The molecule has 21 heavy (non-hydrogen) atoms. The highest BCUT2D eigenvalue weighted by atomic mass is 79.9. The van der Waals surface area contributed by atoms with Crippen LogP contribution in [-0.4, -0.2) is 28.6 Å². The van der Waals surface area contributed by atoms with E-state index in [0.717, 1.165) is 5.01 Å². The van der Waals surface area contributed by atoms with E-state index < -0.39 is 12.0 Å². The van der Waals surface area contributed by atoms with Crippen molar-refractivity contribution >= 4 is 45.0 Å². The van der Waals surface area contributed by atoms with Crippen molar-refractivity contribution in [2.24, 2.45) is 0 Å². The summed E-state index contributed by atoms with van der Waals surface area (Å²) in [6.07, 6.45) is 2.34. The Kier molecular flexibility index (Phi) is 5.29. The van der Waals surface area contributed by atoms with Gasteiger partial charge in [-0.1, -0.05) is 6.07 Å². The van der Waals surface area contributed by atoms with Gasteiger partial charge in [0.1, 0.15) is 0 Å². The summed E-state index contributed by atoms with van der Waals surface area (Å²) in [6.45, 7) is 0.423. The summed E-state index contributed by atoms with van der Waals surface area (Å²) in [6, 6.07) is 4.23. The zero-order chi connectivity index (χ0) is 15.2. The van der Waals surface area contributed by atoms with Gasteiger partial charge in [0.15, 0.2) is 0 Å². The maximum atomic E-state index is 11.8. The molecular formula is C13H12BrN3O3S. The maximum Gasteiger partial charge on any atom is 0.337 e. The van der Waals surface area contributed by atoms with Crippen LogP contribution in [0.1, 0.15) is 15.4 Å². The summed E-state index contributed by atoms with van der Waals surface area (Å²) in [5.74, 6) is -1.10. The molecule has 1 aromatic heterocycles. The number of rotatable bonds is 5. The molecule has 0 radical (unpaired) electrons. The third-order valence-corrected chi connectivity index (χ3v) is 4.09. The van der Waals surface area contributed by atoms with Gasteiger partial charge < -0.3 is 15.7 Å². The van der Waals surface area contributed by atoms with Crippen LogP contribution in [0.2, 0.25) is 0 Å². The van der Waals surface area contributed by atoms with Gasteiger partial charge in [0.2, 0.25) is 0 Å². The Hall–Kier alpha value is -1.93. The van der Waals surface area contributed by atoms with Gasteiger partial charge in [0.25, 0.3) is 0 Å². The summed E-state index contributed by atoms with van der Waals surface area (Å²) in [7, 11) is 0. The zero-order valence-electron chi connectivity index (χ0n) is 10.8. The predicted molar refractivity (Wildman–Crippen MR) is 83.9 cm³/mol. The lowest BCUT2D eigenvalue weighted by atomic mass is 10.2. The van der Waals surface area contributed by atoms with Crippen LogP contribution in [0.25, 0.3) is 0 Å². The fourth-order valence-corrected chi connectivity index (χ4v) is 2.73. The minimum absolute atomic E-state index is 0.0273. The molecule has 0 unspecified atom stereocenters. The highest BCUT2D eigenvalue weighted by molar-refractivity contribution is 9.10. The van der Waals surface area contributed by atoms with E-state index in [1.807, 2.05) is 5.38 Å². The first kappa shape index (κ1) is 15.5. The standard InChI is InChI=1S/C13H12BrN3O3S/c14-9-3-1-2-8(12(18)19)11(9)17-13(20)16-5-4-10-15-6-7-21-10/h1-3,6-7H,4-5H2,(H,18,19)(H2,16,17,20). The van der Waals surface area contributed by atoms with E-state index in [2.05, 4.69) is 31.5 Å². The number of benzene rings is 1. The minimum atomic E-state index is -1.10. The van der Waals surface area contributed by atoms with Crippen molar-refractivity contribution in [3.8, 4) is 0 Å². The average Bonchev–Trinajstić information content (AvgIpc) is 2.94. The summed E-state index contributed by atoms with van der Waals surface area (Å²) < 4.78 is 0.512. The smallest absolute Gasteiger partial charge is 0.337 e. The number of hydrogen-bond donors (Lipinski definition) is 3. The van der Waals surface area contributed by atoms with Gasteiger partial charge in [-0.05, 0) is 28.1 Å². The molecule has 2 aromatic rings. The fourth-order valence-electron chi connectivity index (χ4n) is 1.65. The predicted octanol–water partition coefficient (Wildman–Crippen LogP) is 2.97. The zero-order valence-corrected chi connectivity index (χ0v) is 13.2. The van der Waals surface area contributed by atoms with Gasteiger partial charge in [-0.2, -0.15) is 0 Å². The van der Waals surface area contributed by atoms with Gasteiger partial charge in [0, 0.05) is 29.0 Å². The first-order valence-corrected chi connectivity index (χ1v) is 7.70. The molecule has 6 nitrogen and oxygen atoms in total. The summed E-state index contributed by atoms with van der Waals surface area (Å²) in [5.41, 5.74) is 0.260. The quantitative estimate of drug-likeness (QED) is 0.755. The normalized spacial score (nSPS) is 10.1. The number of aromatic carboxylic acids is 1. The first-order valence-electron chi connectivity index (χ1n) is 6.03. The van der Waals surface area contributed by atoms with Crippen molar-refractivity contribution in [2.75, 3.05) is 11.9 Å². The van der Waals surface area contributed by atoms with E-state index in [4.69, 9.17) is 5.11 Å². The first-order chi connectivity index (χ1) is 10.1. The Labute approximate surface area is 133 Å². The number of aromatic nitrogens is 1. The second-order valence-corrected chi connectivity index (χ2v) is 5.86. The van der Waals surface area contributed by atoms with Crippen molar-refractivity contribution in [1.82, 2.24) is 10.3 Å². The number of anilines is 1. The van der Waals surface area contributed by atoms with Gasteiger partial charge in [-0.3, -0.25) is 0 Å². The number of nitrogens with one attached hydrogen (secondary N) is 2. The molecule has 0 fully saturated rings. The fraction of sp³-hybridized carbons (Fsp3) is 0.154. The molecule has 0 saturated heterocycles. The number of carboxylic acids is 1. The SMILES string of the molecule is O=C(NCCc1nccs1)Nc1c(Br)cccc1C(=O)O. The van der Waals surface area contributed by atoms with Crippen molar-refractivity contribution in [1.29, 1.82) is 0 Å². The molecule has 0 aliphatic heterocycles. The number of para-hydroxylation sites is 1. The van der Waals surface area contributed by atoms with Gasteiger partial charge >= 0.3 is 12.0 Å². The van der Waals surface area contributed by atoms with Gasteiger partial charge in [-0.25, -0.2) is 14.6 Å². The van der Waals surface area contributed by atoms with E-state index in [-0.39, 0.29) is 11.3 Å². The van der Waals surface area contributed by atoms with Crippen molar-refractivity contribution < 1.29 is 14.7 Å². The molecule has 0 aliphatic rings. The monoisotopic (exact) mass is 369 g/mol. The van der Waals surface area contributed by atoms with E-state index in [0.29, 0.717) is 17.4 Å². The Morgan fingerprint density at radius 3 is 2.86 bits per heavy atom. The Bertz CT molecular complexity index is 646. The molecule has 0 aliphatic carbocycles. The molecule has 8 heteroatoms. The third-order valence-electron chi connectivity index (χ3n) is 2.59. The number of thiazole rings is 1. The third kappa shape index (κ3) is 4.27. The topological polar surface area (TPSA) is 91.3 Å². The molecule has 2 rings (SSSR count). The lowest BCUT2D eigenvalue weighted by molar-refractivity contribution is 0.0698. The van der Waals surface area contributed by atoms with Crippen LogP contribution in [0.15, 0.2) is 34.2 Å². The second-order valence-electron chi connectivity index (χ2n) is 4.02. The number of amides is 2. The molecule has 110 valence electrons. The average molecular weight is 370 g/mol. The molecular weight excluding hydrogens is 358 g/mol. The van der Waals surface area contributed by atoms with E-state index in [1.54, 1.807) is 18.3 Å². The number of hydrogen-bond acceptors (Lipinski definition) is 4. The number of carbonyl (C=O) groups is 2. The highest BCUT2D eigenvalue weighted by Gasteiger charge is 2.14. The Balaban J connectivity index is 1.95. The molecule has 0 atom stereocenters. The number of urea groups is 1. The van der Waals surface area contributed by atoms with Gasteiger partial charge in [-0.15, -0.1) is 11.3 Å². The van der Waals surface area contributed by atoms with Crippen LogP contribution in [0.4, 0.5) is 10.5 Å². The van der Waals surface area contributed by atoms with E-state index in [9.17, 15) is 9.59 Å². The molecule has 0 saturated carbocycles. The van der Waals surface area contributed by atoms with Gasteiger partial charge in [0.05, 0.1) is 16.3 Å².